The average Bonchev–Trinajstić information content (AvgIpc) is 2.47. The Balaban J connectivity index is 2.97. The lowest BCUT2D eigenvalue weighted by Gasteiger charge is -2.20. The minimum Gasteiger partial charge on any atom is -0.370 e. The van der Waals surface area contributed by atoms with Crippen molar-refractivity contribution in [3.63, 3.8) is 0 Å². The molecule has 4 heteroatoms. The molecule has 114 valence electrons. The molecule has 0 saturated heterocycles. The van der Waals surface area contributed by atoms with Gasteiger partial charge in [0.05, 0.1) is 0 Å². The zero-order valence-electron chi connectivity index (χ0n) is 13.7. The van der Waals surface area contributed by atoms with Gasteiger partial charge in [-0.05, 0) is 26.2 Å². The lowest BCUT2D eigenvalue weighted by molar-refractivity contribution is 0.619. The molecule has 0 aromatic carbocycles. The zero-order chi connectivity index (χ0) is 15.0. The van der Waals surface area contributed by atoms with E-state index in [4.69, 9.17) is 0 Å². The van der Waals surface area contributed by atoms with E-state index in [-0.39, 0.29) is 0 Å². The fraction of sp³-hybridized carbons (Fsp3) is 0.750. The van der Waals surface area contributed by atoms with Crippen molar-refractivity contribution in [2.24, 2.45) is 0 Å². The largest absolute Gasteiger partial charge is 0.370 e. The third kappa shape index (κ3) is 4.66. The molecule has 0 saturated carbocycles. The summed E-state index contributed by atoms with van der Waals surface area (Å²) in [7, 11) is 0. The first-order chi connectivity index (χ1) is 9.65. The summed E-state index contributed by atoms with van der Waals surface area (Å²) in [6.07, 6.45) is 5.45. The maximum atomic E-state index is 4.67. The smallest absolute Gasteiger partial charge is 0.134 e. The first-order valence-electron chi connectivity index (χ1n) is 8.04. The van der Waals surface area contributed by atoms with Gasteiger partial charge in [-0.2, -0.15) is 0 Å². The van der Waals surface area contributed by atoms with E-state index in [0.29, 0.717) is 6.04 Å². The van der Waals surface area contributed by atoms with Crippen molar-refractivity contribution in [1.29, 1.82) is 0 Å². The first kappa shape index (κ1) is 16.7. The van der Waals surface area contributed by atoms with Gasteiger partial charge in [0.15, 0.2) is 0 Å². The monoisotopic (exact) mass is 278 g/mol. The van der Waals surface area contributed by atoms with Crippen LogP contribution in [0.25, 0.3) is 0 Å². The molecule has 20 heavy (non-hydrogen) atoms. The molecule has 0 bridgehead atoms. The molecule has 0 radical (unpaired) electrons. The van der Waals surface area contributed by atoms with Crippen LogP contribution >= 0.6 is 0 Å². The van der Waals surface area contributed by atoms with Crippen molar-refractivity contribution in [2.45, 2.75) is 72.8 Å². The van der Waals surface area contributed by atoms with E-state index in [0.717, 1.165) is 48.8 Å². The van der Waals surface area contributed by atoms with Crippen LogP contribution in [0.2, 0.25) is 0 Å². The van der Waals surface area contributed by atoms with Gasteiger partial charge in [0.25, 0.3) is 0 Å². The van der Waals surface area contributed by atoms with Gasteiger partial charge >= 0.3 is 0 Å². The van der Waals surface area contributed by atoms with Gasteiger partial charge in [-0.1, -0.05) is 34.1 Å². The Kier molecular flexibility index (Phi) is 7.34. The number of hydrogen-bond donors (Lipinski definition) is 2. The van der Waals surface area contributed by atoms with Crippen molar-refractivity contribution in [3.8, 4) is 0 Å². The van der Waals surface area contributed by atoms with E-state index >= 15 is 0 Å². The Morgan fingerprint density at radius 2 is 1.70 bits per heavy atom. The summed E-state index contributed by atoms with van der Waals surface area (Å²) in [5.41, 5.74) is 1.13. The molecule has 0 fully saturated rings. The van der Waals surface area contributed by atoms with Gasteiger partial charge in [0.2, 0.25) is 0 Å². The molecule has 1 atom stereocenters. The van der Waals surface area contributed by atoms with E-state index in [1.165, 1.54) is 12.8 Å². The van der Waals surface area contributed by atoms with E-state index in [1.807, 2.05) is 0 Å². The Labute approximate surface area is 123 Å². The second kappa shape index (κ2) is 8.77. The van der Waals surface area contributed by atoms with Crippen LogP contribution in [0.1, 0.15) is 64.8 Å². The maximum absolute atomic E-state index is 4.67. The van der Waals surface area contributed by atoms with E-state index in [9.17, 15) is 0 Å². The normalized spacial score (nSPS) is 12.2. The van der Waals surface area contributed by atoms with Crippen LogP contribution in [0.5, 0.6) is 0 Å². The Morgan fingerprint density at radius 3 is 2.25 bits per heavy atom. The Hall–Kier alpha value is -1.32. The number of rotatable bonds is 9. The molecular weight excluding hydrogens is 248 g/mol. The summed E-state index contributed by atoms with van der Waals surface area (Å²) in [5.74, 6) is 2.88. The molecule has 1 aromatic rings. The molecule has 0 amide bonds. The highest BCUT2D eigenvalue weighted by Crippen LogP contribution is 2.22. The van der Waals surface area contributed by atoms with Gasteiger partial charge in [-0.3, -0.25) is 0 Å². The quantitative estimate of drug-likeness (QED) is 0.712. The summed E-state index contributed by atoms with van der Waals surface area (Å²) < 4.78 is 0. The number of hydrogen-bond acceptors (Lipinski definition) is 4. The second-order valence-electron chi connectivity index (χ2n) is 5.28. The van der Waals surface area contributed by atoms with Gasteiger partial charge in [-0.25, -0.2) is 9.97 Å². The minimum atomic E-state index is 0.498. The molecule has 1 heterocycles. The van der Waals surface area contributed by atoms with Crippen molar-refractivity contribution in [3.05, 3.63) is 11.4 Å². The van der Waals surface area contributed by atoms with Gasteiger partial charge in [-0.15, -0.1) is 0 Å². The molecular formula is C16H30N4. The maximum Gasteiger partial charge on any atom is 0.134 e. The number of aromatic nitrogens is 2. The predicted octanol–water partition coefficient (Wildman–Crippen LogP) is 4.16. The fourth-order valence-corrected chi connectivity index (χ4v) is 2.20. The number of nitrogens with zero attached hydrogens (tertiary/aromatic N) is 2. The van der Waals surface area contributed by atoms with Crippen LogP contribution in [0, 0.1) is 6.92 Å². The van der Waals surface area contributed by atoms with Crippen molar-refractivity contribution in [2.75, 3.05) is 17.2 Å². The third-order valence-electron chi connectivity index (χ3n) is 3.52. The summed E-state index contributed by atoms with van der Waals surface area (Å²) in [4.78, 5) is 9.27. The highest BCUT2D eigenvalue weighted by molar-refractivity contribution is 5.57. The van der Waals surface area contributed by atoms with E-state index in [2.05, 4.69) is 55.2 Å². The van der Waals surface area contributed by atoms with Crippen molar-refractivity contribution in [1.82, 2.24) is 9.97 Å². The highest BCUT2D eigenvalue weighted by Gasteiger charge is 2.13. The number of nitrogens with one attached hydrogen (secondary N) is 2. The SMILES string of the molecule is CCCNc1nc(CC)nc(NC(CC)CCC)c1C. The first-order valence-corrected chi connectivity index (χ1v) is 8.04. The van der Waals surface area contributed by atoms with Gasteiger partial charge in [0, 0.05) is 24.6 Å². The highest BCUT2D eigenvalue weighted by atomic mass is 15.1. The molecule has 0 spiro atoms. The van der Waals surface area contributed by atoms with Crippen molar-refractivity contribution < 1.29 is 0 Å². The van der Waals surface area contributed by atoms with Crippen LogP contribution in [0.15, 0.2) is 0 Å². The Morgan fingerprint density at radius 1 is 1.00 bits per heavy atom. The van der Waals surface area contributed by atoms with Crippen LogP contribution in [-0.4, -0.2) is 22.6 Å². The third-order valence-corrected chi connectivity index (χ3v) is 3.52. The molecule has 1 rings (SSSR count). The van der Waals surface area contributed by atoms with Crippen LogP contribution in [0.3, 0.4) is 0 Å². The van der Waals surface area contributed by atoms with E-state index < -0.39 is 0 Å². The molecule has 1 unspecified atom stereocenters. The standard InChI is InChI=1S/C16H30N4/c1-6-10-13(8-3)18-16-12(5)15(17-11-7-2)19-14(9-4)20-16/h13H,6-11H2,1-5H3,(H2,17,18,19,20). The minimum absolute atomic E-state index is 0.498. The summed E-state index contributed by atoms with van der Waals surface area (Å²) >= 11 is 0. The summed E-state index contributed by atoms with van der Waals surface area (Å²) in [6, 6.07) is 0.498. The molecule has 1 aromatic heterocycles. The van der Waals surface area contributed by atoms with Crippen molar-refractivity contribution >= 4 is 11.6 Å². The summed E-state index contributed by atoms with van der Waals surface area (Å²) in [5, 5.41) is 7.01. The molecule has 4 nitrogen and oxygen atoms in total. The lowest BCUT2D eigenvalue weighted by atomic mass is 10.1. The molecule has 0 aliphatic rings. The van der Waals surface area contributed by atoms with Gasteiger partial charge in [0.1, 0.15) is 17.5 Å². The lowest BCUT2D eigenvalue weighted by Crippen LogP contribution is -2.21. The number of aryl methyl sites for hydroxylation is 1. The van der Waals surface area contributed by atoms with Gasteiger partial charge < -0.3 is 10.6 Å². The molecule has 2 N–H and O–H groups in total. The second-order valence-corrected chi connectivity index (χ2v) is 5.28. The average molecular weight is 278 g/mol. The van der Waals surface area contributed by atoms with Crippen LogP contribution in [-0.2, 0) is 6.42 Å². The molecule has 0 aliphatic heterocycles. The molecule has 0 aliphatic carbocycles. The number of anilines is 2. The topological polar surface area (TPSA) is 49.8 Å². The fourth-order valence-electron chi connectivity index (χ4n) is 2.20. The zero-order valence-corrected chi connectivity index (χ0v) is 13.7. The van der Waals surface area contributed by atoms with E-state index in [1.54, 1.807) is 0 Å². The summed E-state index contributed by atoms with van der Waals surface area (Å²) in [6.45, 7) is 11.8. The van der Waals surface area contributed by atoms with Crippen LogP contribution < -0.4 is 10.6 Å². The van der Waals surface area contributed by atoms with Crippen LogP contribution in [0.4, 0.5) is 11.6 Å². The Bertz CT molecular complexity index is 404. The predicted molar refractivity (Wildman–Crippen MR) is 87.5 cm³/mol.